The Labute approximate surface area is 118 Å². The lowest BCUT2D eigenvalue weighted by atomic mass is 10.2. The van der Waals surface area contributed by atoms with Crippen LogP contribution in [0.4, 0.5) is 0 Å². The van der Waals surface area contributed by atoms with Crippen molar-refractivity contribution >= 4 is 16.8 Å². The SMILES string of the molecule is C/C=C\CC/C=C\Cc1c[nH]c2nc3ccccc3n12. The maximum Gasteiger partial charge on any atom is 0.212 e. The highest BCUT2D eigenvalue weighted by Gasteiger charge is 2.08. The van der Waals surface area contributed by atoms with Gasteiger partial charge in [-0.05, 0) is 31.9 Å². The van der Waals surface area contributed by atoms with Gasteiger partial charge in [0.15, 0.2) is 0 Å². The molecule has 0 aliphatic heterocycles. The Balaban J connectivity index is 1.81. The summed E-state index contributed by atoms with van der Waals surface area (Å²) in [6.07, 6.45) is 14.0. The lowest BCUT2D eigenvalue weighted by Crippen LogP contribution is -1.88. The Hall–Kier alpha value is -2.29. The maximum atomic E-state index is 4.58. The van der Waals surface area contributed by atoms with Gasteiger partial charge in [0.1, 0.15) is 0 Å². The number of H-pyrrole nitrogens is 1. The molecule has 1 N–H and O–H groups in total. The highest BCUT2D eigenvalue weighted by molar-refractivity contribution is 5.79. The molecule has 0 aliphatic rings. The van der Waals surface area contributed by atoms with Crippen molar-refractivity contribution in [2.75, 3.05) is 0 Å². The molecule has 0 saturated heterocycles. The Bertz CT molecular complexity index is 759. The minimum Gasteiger partial charge on any atom is -0.330 e. The van der Waals surface area contributed by atoms with Crippen molar-refractivity contribution in [1.29, 1.82) is 0 Å². The number of aromatic amines is 1. The van der Waals surface area contributed by atoms with Crippen LogP contribution in [0.3, 0.4) is 0 Å². The first-order valence-corrected chi connectivity index (χ1v) is 7.10. The van der Waals surface area contributed by atoms with Gasteiger partial charge in [-0.2, -0.15) is 0 Å². The third-order valence-corrected chi connectivity index (χ3v) is 3.45. The zero-order valence-corrected chi connectivity index (χ0v) is 11.7. The molecule has 3 nitrogen and oxygen atoms in total. The number of rotatable bonds is 5. The number of aromatic nitrogens is 3. The number of hydrogen-bond acceptors (Lipinski definition) is 1. The van der Waals surface area contributed by atoms with E-state index in [1.807, 2.05) is 18.3 Å². The molecule has 0 spiro atoms. The first-order valence-electron chi connectivity index (χ1n) is 7.10. The first kappa shape index (κ1) is 12.7. The number of para-hydroxylation sites is 2. The van der Waals surface area contributed by atoms with Crippen LogP contribution in [-0.4, -0.2) is 14.4 Å². The molecule has 102 valence electrons. The normalized spacial score (nSPS) is 12.4. The highest BCUT2D eigenvalue weighted by Crippen LogP contribution is 2.18. The molecule has 3 aromatic rings. The second kappa shape index (κ2) is 5.78. The predicted octanol–water partition coefficient (Wildman–Crippen LogP) is 4.27. The van der Waals surface area contributed by atoms with Crippen molar-refractivity contribution in [3.05, 3.63) is 60.5 Å². The van der Waals surface area contributed by atoms with Crippen LogP contribution in [-0.2, 0) is 6.42 Å². The number of imidazole rings is 2. The van der Waals surface area contributed by atoms with Gasteiger partial charge in [-0.15, -0.1) is 0 Å². The minimum absolute atomic E-state index is 0.920. The van der Waals surface area contributed by atoms with E-state index in [2.05, 4.69) is 57.7 Å². The average molecular weight is 265 g/mol. The zero-order chi connectivity index (χ0) is 13.8. The molecule has 0 radical (unpaired) electrons. The molecule has 0 atom stereocenters. The molecule has 0 amide bonds. The fourth-order valence-electron chi connectivity index (χ4n) is 2.46. The van der Waals surface area contributed by atoms with Crippen LogP contribution in [0.15, 0.2) is 54.8 Å². The molecule has 0 saturated carbocycles. The van der Waals surface area contributed by atoms with Crippen molar-refractivity contribution in [2.24, 2.45) is 0 Å². The van der Waals surface area contributed by atoms with Gasteiger partial charge in [0.2, 0.25) is 5.78 Å². The smallest absolute Gasteiger partial charge is 0.212 e. The monoisotopic (exact) mass is 265 g/mol. The lowest BCUT2D eigenvalue weighted by Gasteiger charge is -1.96. The number of hydrogen-bond donors (Lipinski definition) is 1. The van der Waals surface area contributed by atoms with E-state index in [0.29, 0.717) is 0 Å². The second-order valence-corrected chi connectivity index (χ2v) is 4.86. The fraction of sp³-hybridized carbons (Fsp3) is 0.235. The quantitative estimate of drug-likeness (QED) is 0.542. The number of nitrogens with one attached hydrogen (secondary N) is 1. The third-order valence-electron chi connectivity index (χ3n) is 3.45. The van der Waals surface area contributed by atoms with Gasteiger partial charge < -0.3 is 4.98 Å². The van der Waals surface area contributed by atoms with Crippen LogP contribution in [0.2, 0.25) is 0 Å². The Morgan fingerprint density at radius 2 is 2.00 bits per heavy atom. The molecule has 3 rings (SSSR count). The molecule has 2 aromatic heterocycles. The molecule has 2 heterocycles. The van der Waals surface area contributed by atoms with E-state index in [1.165, 1.54) is 11.2 Å². The van der Waals surface area contributed by atoms with Crippen molar-refractivity contribution in [3.63, 3.8) is 0 Å². The molecule has 0 bridgehead atoms. The summed E-state index contributed by atoms with van der Waals surface area (Å²) in [4.78, 5) is 7.82. The maximum absolute atomic E-state index is 4.58. The topological polar surface area (TPSA) is 33.1 Å². The van der Waals surface area contributed by atoms with E-state index < -0.39 is 0 Å². The van der Waals surface area contributed by atoms with Crippen molar-refractivity contribution in [3.8, 4) is 0 Å². The standard InChI is InChI=1S/C17H19N3/c1-2-3-4-5-6-7-10-14-13-18-17-19-15-11-8-9-12-16(15)20(14)17/h2-3,6-9,11-13H,4-5,10H2,1H3,(H,18,19)/b3-2-,7-6-. The van der Waals surface area contributed by atoms with E-state index in [9.17, 15) is 0 Å². The fourth-order valence-corrected chi connectivity index (χ4v) is 2.46. The summed E-state index contributed by atoms with van der Waals surface area (Å²) >= 11 is 0. The minimum atomic E-state index is 0.920. The van der Waals surface area contributed by atoms with Crippen LogP contribution >= 0.6 is 0 Å². The Kier molecular flexibility index (Phi) is 3.68. The average Bonchev–Trinajstić information content (AvgIpc) is 3.02. The van der Waals surface area contributed by atoms with Crippen LogP contribution in [0.1, 0.15) is 25.5 Å². The lowest BCUT2D eigenvalue weighted by molar-refractivity contribution is 1.03. The van der Waals surface area contributed by atoms with Gasteiger partial charge in [0, 0.05) is 18.3 Å². The number of allylic oxidation sites excluding steroid dienone is 4. The van der Waals surface area contributed by atoms with E-state index in [0.717, 1.165) is 30.6 Å². The molecular formula is C17H19N3. The summed E-state index contributed by atoms with van der Waals surface area (Å²) in [5.74, 6) is 0.920. The molecule has 0 aliphatic carbocycles. The summed E-state index contributed by atoms with van der Waals surface area (Å²) in [5.41, 5.74) is 3.45. The van der Waals surface area contributed by atoms with Crippen LogP contribution < -0.4 is 0 Å². The van der Waals surface area contributed by atoms with Gasteiger partial charge in [0.25, 0.3) is 0 Å². The number of fused-ring (bicyclic) bond motifs is 3. The number of nitrogens with zero attached hydrogens (tertiary/aromatic N) is 2. The molecule has 20 heavy (non-hydrogen) atoms. The highest BCUT2D eigenvalue weighted by atomic mass is 15.1. The van der Waals surface area contributed by atoms with Crippen molar-refractivity contribution in [1.82, 2.24) is 14.4 Å². The van der Waals surface area contributed by atoms with Gasteiger partial charge in [-0.1, -0.05) is 36.4 Å². The zero-order valence-electron chi connectivity index (χ0n) is 11.7. The molecule has 1 aromatic carbocycles. The largest absolute Gasteiger partial charge is 0.330 e. The summed E-state index contributed by atoms with van der Waals surface area (Å²) in [5, 5.41) is 0. The predicted molar refractivity (Wildman–Crippen MR) is 83.9 cm³/mol. The Morgan fingerprint density at radius 1 is 1.15 bits per heavy atom. The van der Waals surface area contributed by atoms with Crippen molar-refractivity contribution < 1.29 is 0 Å². The van der Waals surface area contributed by atoms with Crippen LogP contribution in [0.25, 0.3) is 16.8 Å². The van der Waals surface area contributed by atoms with Gasteiger partial charge >= 0.3 is 0 Å². The van der Waals surface area contributed by atoms with Gasteiger partial charge in [-0.3, -0.25) is 4.40 Å². The number of unbranched alkanes of at least 4 members (excludes halogenated alkanes) is 1. The van der Waals surface area contributed by atoms with E-state index in [-0.39, 0.29) is 0 Å². The molecule has 3 heteroatoms. The van der Waals surface area contributed by atoms with Crippen LogP contribution in [0.5, 0.6) is 0 Å². The van der Waals surface area contributed by atoms with Crippen LogP contribution in [0, 0.1) is 0 Å². The van der Waals surface area contributed by atoms with E-state index >= 15 is 0 Å². The summed E-state index contributed by atoms with van der Waals surface area (Å²) < 4.78 is 2.20. The van der Waals surface area contributed by atoms with Gasteiger partial charge in [0.05, 0.1) is 11.0 Å². The molecule has 0 fully saturated rings. The molecule has 0 unspecified atom stereocenters. The second-order valence-electron chi connectivity index (χ2n) is 4.86. The molecular weight excluding hydrogens is 246 g/mol. The van der Waals surface area contributed by atoms with Crippen molar-refractivity contribution in [2.45, 2.75) is 26.2 Å². The van der Waals surface area contributed by atoms with E-state index in [1.54, 1.807) is 0 Å². The third kappa shape index (κ3) is 2.39. The van der Waals surface area contributed by atoms with E-state index in [4.69, 9.17) is 0 Å². The number of benzene rings is 1. The Morgan fingerprint density at radius 3 is 2.90 bits per heavy atom. The van der Waals surface area contributed by atoms with Gasteiger partial charge in [-0.25, -0.2) is 4.98 Å². The first-order chi connectivity index (χ1) is 9.90. The summed E-state index contributed by atoms with van der Waals surface area (Å²) in [7, 11) is 0. The summed E-state index contributed by atoms with van der Waals surface area (Å²) in [6.45, 7) is 2.06. The summed E-state index contributed by atoms with van der Waals surface area (Å²) in [6, 6.07) is 8.24.